The van der Waals surface area contributed by atoms with Crippen molar-refractivity contribution in [1.82, 2.24) is 5.32 Å². The lowest BCUT2D eigenvalue weighted by Crippen LogP contribution is -2.38. The van der Waals surface area contributed by atoms with Gasteiger partial charge in [-0.1, -0.05) is 0 Å². The molecule has 0 aromatic heterocycles. The lowest BCUT2D eigenvalue weighted by atomic mass is 10.1. The molecule has 3 rings (SSSR count). The van der Waals surface area contributed by atoms with Gasteiger partial charge in [0.05, 0.1) is 4.92 Å². The third-order valence-electron chi connectivity index (χ3n) is 4.21. The second kappa shape index (κ2) is 4.89. The summed E-state index contributed by atoms with van der Waals surface area (Å²) in [4.78, 5) is 22.6. The molecule has 1 aromatic carbocycles. The molecule has 5 nitrogen and oxygen atoms in total. The molecule has 0 spiro atoms. The maximum atomic E-state index is 12.3. The summed E-state index contributed by atoms with van der Waals surface area (Å²) in [6.45, 7) is 1.66. The van der Waals surface area contributed by atoms with Gasteiger partial charge in [0.25, 0.3) is 11.6 Å². The number of benzene rings is 1. The predicted molar refractivity (Wildman–Crippen MR) is 74.5 cm³/mol. The Labute approximate surface area is 117 Å². The van der Waals surface area contributed by atoms with Gasteiger partial charge in [0.1, 0.15) is 0 Å². The molecule has 1 N–H and O–H groups in total. The SMILES string of the molecule is Cc1cc(C(=O)NC(C2CC2)C2CC2)ccc1[N+](=O)[O-]. The van der Waals surface area contributed by atoms with Crippen LogP contribution < -0.4 is 5.32 Å². The van der Waals surface area contributed by atoms with Gasteiger partial charge in [-0.05, 0) is 56.6 Å². The van der Waals surface area contributed by atoms with E-state index in [2.05, 4.69) is 5.32 Å². The smallest absolute Gasteiger partial charge is 0.272 e. The monoisotopic (exact) mass is 274 g/mol. The molecule has 20 heavy (non-hydrogen) atoms. The van der Waals surface area contributed by atoms with Crippen LogP contribution in [0.4, 0.5) is 5.69 Å². The van der Waals surface area contributed by atoms with Gasteiger partial charge in [-0.25, -0.2) is 0 Å². The number of rotatable bonds is 5. The number of nitrogens with zero attached hydrogens (tertiary/aromatic N) is 1. The zero-order valence-corrected chi connectivity index (χ0v) is 11.5. The molecule has 2 aliphatic rings. The molecule has 106 valence electrons. The zero-order valence-electron chi connectivity index (χ0n) is 11.5. The molecular weight excluding hydrogens is 256 g/mol. The van der Waals surface area contributed by atoms with Crippen LogP contribution in [0.3, 0.4) is 0 Å². The van der Waals surface area contributed by atoms with Crippen LogP contribution in [0.5, 0.6) is 0 Å². The minimum Gasteiger partial charge on any atom is -0.349 e. The van der Waals surface area contributed by atoms with E-state index in [1.54, 1.807) is 13.0 Å². The number of carbonyl (C=O) groups excluding carboxylic acids is 1. The molecule has 2 aliphatic carbocycles. The molecule has 0 unspecified atom stereocenters. The summed E-state index contributed by atoms with van der Waals surface area (Å²) >= 11 is 0. The minimum atomic E-state index is -0.422. The summed E-state index contributed by atoms with van der Waals surface area (Å²) in [5, 5.41) is 13.9. The van der Waals surface area contributed by atoms with Gasteiger partial charge in [-0.15, -0.1) is 0 Å². The molecule has 2 fully saturated rings. The maximum absolute atomic E-state index is 12.3. The quantitative estimate of drug-likeness (QED) is 0.663. The first-order chi connectivity index (χ1) is 9.56. The van der Waals surface area contributed by atoms with E-state index in [0.29, 0.717) is 29.0 Å². The number of nitrogens with one attached hydrogen (secondary N) is 1. The average molecular weight is 274 g/mol. The van der Waals surface area contributed by atoms with E-state index in [4.69, 9.17) is 0 Å². The van der Waals surface area contributed by atoms with Crippen LogP contribution in [-0.4, -0.2) is 16.9 Å². The Morgan fingerprint density at radius 3 is 2.35 bits per heavy atom. The van der Waals surface area contributed by atoms with Gasteiger partial charge in [-0.3, -0.25) is 14.9 Å². The fraction of sp³-hybridized carbons (Fsp3) is 0.533. The van der Waals surface area contributed by atoms with Crippen LogP contribution in [0.25, 0.3) is 0 Å². The van der Waals surface area contributed by atoms with Crippen LogP contribution in [0.1, 0.15) is 41.6 Å². The average Bonchev–Trinajstić information content (AvgIpc) is 3.28. The number of hydrogen-bond acceptors (Lipinski definition) is 3. The van der Waals surface area contributed by atoms with Crippen molar-refractivity contribution in [3.8, 4) is 0 Å². The molecule has 5 heteroatoms. The lowest BCUT2D eigenvalue weighted by molar-refractivity contribution is -0.385. The zero-order chi connectivity index (χ0) is 14.3. The highest BCUT2D eigenvalue weighted by Crippen LogP contribution is 2.44. The molecule has 0 saturated heterocycles. The molecule has 0 atom stereocenters. The van der Waals surface area contributed by atoms with Gasteiger partial charge in [0.2, 0.25) is 0 Å². The maximum Gasteiger partial charge on any atom is 0.272 e. The Bertz CT molecular complexity index is 550. The van der Waals surface area contributed by atoms with Gasteiger partial charge in [0, 0.05) is 23.2 Å². The summed E-state index contributed by atoms with van der Waals surface area (Å²) < 4.78 is 0. The number of nitro benzene ring substituents is 1. The summed E-state index contributed by atoms with van der Waals surface area (Å²) in [5.41, 5.74) is 1.10. The van der Waals surface area contributed by atoms with Crippen LogP contribution >= 0.6 is 0 Å². The lowest BCUT2D eigenvalue weighted by Gasteiger charge is -2.17. The van der Waals surface area contributed by atoms with Crippen molar-refractivity contribution in [2.75, 3.05) is 0 Å². The van der Waals surface area contributed by atoms with Gasteiger partial charge >= 0.3 is 0 Å². The standard InChI is InChI=1S/C15H18N2O3/c1-9-8-12(6-7-13(9)17(19)20)15(18)16-14(10-2-3-10)11-4-5-11/h6-8,10-11,14H,2-5H2,1H3,(H,16,18). The summed E-state index contributed by atoms with van der Waals surface area (Å²) in [6.07, 6.45) is 4.84. The van der Waals surface area contributed by atoms with E-state index in [9.17, 15) is 14.9 Å². The Hall–Kier alpha value is -1.91. The topological polar surface area (TPSA) is 72.2 Å². The number of nitro groups is 1. The molecule has 0 heterocycles. The molecule has 2 saturated carbocycles. The van der Waals surface area contributed by atoms with E-state index < -0.39 is 4.92 Å². The van der Waals surface area contributed by atoms with E-state index in [0.717, 1.165) is 0 Å². The highest BCUT2D eigenvalue weighted by molar-refractivity contribution is 5.95. The molecule has 0 bridgehead atoms. The van der Waals surface area contributed by atoms with E-state index >= 15 is 0 Å². The number of hydrogen-bond donors (Lipinski definition) is 1. The third-order valence-corrected chi connectivity index (χ3v) is 4.21. The first-order valence-electron chi connectivity index (χ1n) is 7.12. The molecule has 1 amide bonds. The Morgan fingerprint density at radius 2 is 1.90 bits per heavy atom. The van der Waals surface area contributed by atoms with Crippen molar-refractivity contribution in [2.24, 2.45) is 11.8 Å². The Kier molecular flexibility index (Phi) is 3.20. The van der Waals surface area contributed by atoms with Crippen molar-refractivity contribution in [3.05, 3.63) is 39.4 Å². The van der Waals surface area contributed by atoms with Crippen molar-refractivity contribution < 1.29 is 9.72 Å². The van der Waals surface area contributed by atoms with Crippen LogP contribution in [0.15, 0.2) is 18.2 Å². The largest absolute Gasteiger partial charge is 0.349 e. The van der Waals surface area contributed by atoms with E-state index in [1.807, 2.05) is 0 Å². The Morgan fingerprint density at radius 1 is 1.30 bits per heavy atom. The first-order valence-corrected chi connectivity index (χ1v) is 7.12. The molecule has 0 radical (unpaired) electrons. The fourth-order valence-corrected chi connectivity index (χ4v) is 2.77. The predicted octanol–water partition coefficient (Wildman–Crippen LogP) is 2.82. The summed E-state index contributed by atoms with van der Waals surface area (Å²) in [5.74, 6) is 1.18. The Balaban J connectivity index is 1.73. The highest BCUT2D eigenvalue weighted by Gasteiger charge is 2.42. The number of amides is 1. The van der Waals surface area contributed by atoms with Crippen LogP contribution in [-0.2, 0) is 0 Å². The van der Waals surface area contributed by atoms with E-state index in [-0.39, 0.29) is 11.6 Å². The van der Waals surface area contributed by atoms with E-state index in [1.165, 1.54) is 37.8 Å². The number of aryl methyl sites for hydroxylation is 1. The second-order valence-corrected chi connectivity index (χ2v) is 5.93. The normalized spacial score (nSPS) is 18.1. The molecule has 0 aliphatic heterocycles. The number of carbonyl (C=O) groups is 1. The summed E-state index contributed by atoms with van der Waals surface area (Å²) in [6, 6.07) is 4.85. The van der Waals surface area contributed by atoms with Gasteiger partial charge in [-0.2, -0.15) is 0 Å². The molecular formula is C15H18N2O3. The van der Waals surface area contributed by atoms with Crippen LogP contribution in [0, 0.1) is 28.9 Å². The van der Waals surface area contributed by atoms with Crippen molar-refractivity contribution in [2.45, 2.75) is 38.6 Å². The van der Waals surface area contributed by atoms with Crippen molar-refractivity contribution in [3.63, 3.8) is 0 Å². The van der Waals surface area contributed by atoms with Crippen molar-refractivity contribution >= 4 is 11.6 Å². The van der Waals surface area contributed by atoms with Gasteiger partial charge < -0.3 is 5.32 Å². The van der Waals surface area contributed by atoms with Gasteiger partial charge in [0.15, 0.2) is 0 Å². The summed E-state index contributed by atoms with van der Waals surface area (Å²) in [7, 11) is 0. The van der Waals surface area contributed by atoms with Crippen LogP contribution in [0.2, 0.25) is 0 Å². The third kappa shape index (κ3) is 2.66. The minimum absolute atomic E-state index is 0.0579. The van der Waals surface area contributed by atoms with Crippen molar-refractivity contribution in [1.29, 1.82) is 0 Å². The second-order valence-electron chi connectivity index (χ2n) is 5.93. The fourth-order valence-electron chi connectivity index (χ4n) is 2.77. The molecule has 1 aromatic rings. The highest BCUT2D eigenvalue weighted by atomic mass is 16.6. The first kappa shape index (κ1) is 13.1.